The first-order chi connectivity index (χ1) is 17.7. The fourth-order valence-electron chi connectivity index (χ4n) is 5.09. The Labute approximate surface area is 222 Å². The van der Waals surface area contributed by atoms with Gasteiger partial charge in [0.2, 0.25) is 0 Å². The monoisotopic (exact) mass is 525 g/mol. The van der Waals surface area contributed by atoms with Gasteiger partial charge < -0.3 is 4.90 Å². The van der Waals surface area contributed by atoms with Crippen LogP contribution in [0.15, 0.2) is 54.9 Å². The fourth-order valence-corrected chi connectivity index (χ4v) is 5.31. The summed E-state index contributed by atoms with van der Waals surface area (Å²) in [5.74, 6) is -0.260. The van der Waals surface area contributed by atoms with Crippen LogP contribution in [0.25, 0.3) is 0 Å². The van der Waals surface area contributed by atoms with Gasteiger partial charge in [-0.15, -0.1) is 0 Å². The number of carbonyl (C=O) groups excluding carboxylic acids is 1. The van der Waals surface area contributed by atoms with E-state index in [-0.39, 0.29) is 17.3 Å². The van der Waals surface area contributed by atoms with Gasteiger partial charge in [0.05, 0.1) is 16.4 Å². The molecule has 0 spiro atoms. The maximum atomic E-state index is 13.6. The molecule has 0 radical (unpaired) electrons. The number of benzene rings is 1. The zero-order valence-corrected chi connectivity index (χ0v) is 22.2. The fraction of sp³-hybridized carbons (Fsp3) is 0.393. The van der Waals surface area contributed by atoms with E-state index in [4.69, 9.17) is 21.8 Å². The molecule has 9 heteroatoms. The number of hydrogen-bond donors (Lipinski definition) is 2. The second-order valence-electron chi connectivity index (χ2n) is 10.1. The zero-order valence-electron chi connectivity index (χ0n) is 21.4. The largest absolute Gasteiger partial charge is 0.341 e. The lowest BCUT2D eigenvalue weighted by atomic mass is 9.77. The molecule has 0 aliphatic carbocycles. The number of likely N-dealkylation sites (tertiary alicyclic amines) is 1. The number of piperidine rings is 1. The number of nitrogens with one attached hydrogen (secondary N) is 1. The molecule has 4 rings (SSSR count). The average molecular weight is 526 g/mol. The van der Waals surface area contributed by atoms with Gasteiger partial charge >= 0.3 is 6.03 Å². The maximum Gasteiger partial charge on any atom is 0.341 e. The number of halogens is 2. The third-order valence-corrected chi connectivity index (χ3v) is 7.56. The molecule has 0 unspecified atom stereocenters. The minimum atomic E-state index is -0.478. The number of urea groups is 1. The minimum absolute atomic E-state index is 0.184. The SMILES string of the molecule is Cc1cc(Cl)cnc1CN(Cc1ncccc1C(C)(C)c1ccc(F)cc1)C1CCN(C(=O)NO)CC1. The highest BCUT2D eigenvalue weighted by atomic mass is 35.5. The van der Waals surface area contributed by atoms with E-state index in [2.05, 4.69) is 29.8 Å². The molecule has 3 aromatic rings. The molecular formula is C28H33ClFN5O2. The summed E-state index contributed by atoms with van der Waals surface area (Å²) in [6, 6.07) is 12.3. The van der Waals surface area contributed by atoms with Crippen LogP contribution in [0, 0.1) is 12.7 Å². The predicted molar refractivity (Wildman–Crippen MR) is 141 cm³/mol. The van der Waals surface area contributed by atoms with Gasteiger partial charge in [-0.05, 0) is 60.7 Å². The van der Waals surface area contributed by atoms with E-state index in [0.717, 1.165) is 40.9 Å². The van der Waals surface area contributed by atoms with Crippen LogP contribution >= 0.6 is 11.6 Å². The molecule has 0 bridgehead atoms. The molecule has 0 saturated carbocycles. The van der Waals surface area contributed by atoms with Crippen molar-refractivity contribution < 1.29 is 14.4 Å². The number of hydrogen-bond acceptors (Lipinski definition) is 5. The van der Waals surface area contributed by atoms with Gasteiger partial charge in [-0.1, -0.05) is 43.6 Å². The van der Waals surface area contributed by atoms with Crippen molar-refractivity contribution in [1.29, 1.82) is 0 Å². The second kappa shape index (κ2) is 11.5. The van der Waals surface area contributed by atoms with Crippen molar-refractivity contribution in [2.45, 2.75) is 58.2 Å². The van der Waals surface area contributed by atoms with E-state index in [1.165, 1.54) is 12.1 Å². The number of aromatic nitrogens is 2. The molecular weight excluding hydrogens is 493 g/mol. The molecule has 0 atom stereocenters. The molecule has 2 amide bonds. The lowest BCUT2D eigenvalue weighted by molar-refractivity contribution is 0.0850. The van der Waals surface area contributed by atoms with Crippen molar-refractivity contribution in [2.24, 2.45) is 0 Å². The third-order valence-electron chi connectivity index (χ3n) is 7.35. The summed E-state index contributed by atoms with van der Waals surface area (Å²) in [6.07, 6.45) is 4.98. The number of amides is 2. The Morgan fingerprint density at radius 1 is 1.16 bits per heavy atom. The quantitative estimate of drug-likeness (QED) is 0.316. The zero-order chi connectivity index (χ0) is 26.6. The third kappa shape index (κ3) is 6.26. The molecule has 3 heterocycles. The Bertz CT molecular complexity index is 1230. The Morgan fingerprint density at radius 2 is 1.84 bits per heavy atom. The Morgan fingerprint density at radius 3 is 2.49 bits per heavy atom. The van der Waals surface area contributed by atoms with E-state index < -0.39 is 6.03 Å². The predicted octanol–water partition coefficient (Wildman–Crippen LogP) is 5.47. The number of carbonyl (C=O) groups is 1. The van der Waals surface area contributed by atoms with Crippen LogP contribution in [0.2, 0.25) is 5.02 Å². The number of nitrogens with zero attached hydrogens (tertiary/aromatic N) is 4. The van der Waals surface area contributed by atoms with Crippen LogP contribution in [0.3, 0.4) is 0 Å². The van der Waals surface area contributed by atoms with Gasteiger partial charge in [0.1, 0.15) is 5.82 Å². The van der Waals surface area contributed by atoms with Crippen LogP contribution in [0.1, 0.15) is 54.8 Å². The van der Waals surface area contributed by atoms with Gasteiger partial charge in [0.15, 0.2) is 0 Å². The van der Waals surface area contributed by atoms with Crippen molar-refractivity contribution in [2.75, 3.05) is 13.1 Å². The summed E-state index contributed by atoms with van der Waals surface area (Å²) in [7, 11) is 0. The first-order valence-electron chi connectivity index (χ1n) is 12.4. The molecule has 2 N–H and O–H groups in total. The molecule has 37 heavy (non-hydrogen) atoms. The van der Waals surface area contributed by atoms with Gasteiger partial charge in [0.25, 0.3) is 0 Å². The number of rotatable bonds is 7. The number of hydroxylamine groups is 1. The van der Waals surface area contributed by atoms with Crippen molar-refractivity contribution in [3.05, 3.63) is 93.8 Å². The van der Waals surface area contributed by atoms with Gasteiger partial charge in [-0.2, -0.15) is 0 Å². The van der Waals surface area contributed by atoms with Crippen LogP contribution in [0.5, 0.6) is 0 Å². The van der Waals surface area contributed by atoms with Crippen molar-refractivity contribution in [3.8, 4) is 0 Å². The lowest BCUT2D eigenvalue weighted by Gasteiger charge is -2.39. The molecule has 1 saturated heterocycles. The van der Waals surface area contributed by atoms with Crippen LogP contribution < -0.4 is 5.48 Å². The molecule has 196 valence electrons. The summed E-state index contributed by atoms with van der Waals surface area (Å²) in [4.78, 5) is 25.3. The van der Waals surface area contributed by atoms with E-state index in [1.54, 1.807) is 22.8 Å². The highest BCUT2D eigenvalue weighted by Crippen LogP contribution is 2.34. The topological polar surface area (TPSA) is 81.6 Å². The standard InChI is InChI=1S/C28H33ClFN5O2/c1-19-15-21(29)16-32-25(19)17-35(23-10-13-34(14-11-23)27(36)33-37)18-26-24(5-4-12-31-26)28(2,3)20-6-8-22(30)9-7-20/h4-9,12,15-16,23,37H,10-11,13-14,17-18H2,1-3H3,(H,33,36). The van der Waals surface area contributed by atoms with E-state index >= 15 is 0 Å². The van der Waals surface area contributed by atoms with Crippen molar-refractivity contribution in [1.82, 2.24) is 25.2 Å². The van der Waals surface area contributed by atoms with Crippen LogP contribution in [-0.2, 0) is 18.5 Å². The molecule has 1 aliphatic rings. The average Bonchev–Trinajstić information content (AvgIpc) is 2.90. The molecule has 7 nitrogen and oxygen atoms in total. The summed E-state index contributed by atoms with van der Waals surface area (Å²) < 4.78 is 13.6. The van der Waals surface area contributed by atoms with E-state index in [1.807, 2.05) is 31.2 Å². The summed E-state index contributed by atoms with van der Waals surface area (Å²) >= 11 is 6.16. The maximum absolute atomic E-state index is 13.6. The van der Waals surface area contributed by atoms with Crippen molar-refractivity contribution in [3.63, 3.8) is 0 Å². The van der Waals surface area contributed by atoms with Gasteiger partial charge in [-0.25, -0.2) is 14.7 Å². The first-order valence-corrected chi connectivity index (χ1v) is 12.8. The summed E-state index contributed by atoms with van der Waals surface area (Å²) in [5.41, 5.74) is 6.32. The highest BCUT2D eigenvalue weighted by molar-refractivity contribution is 6.30. The molecule has 2 aromatic heterocycles. The van der Waals surface area contributed by atoms with Crippen LogP contribution in [0.4, 0.5) is 9.18 Å². The molecule has 1 aliphatic heterocycles. The van der Waals surface area contributed by atoms with Crippen molar-refractivity contribution >= 4 is 17.6 Å². The molecule has 1 aromatic carbocycles. The highest BCUT2D eigenvalue weighted by Gasteiger charge is 2.31. The Balaban J connectivity index is 1.64. The first kappa shape index (κ1) is 27.0. The number of aryl methyl sites for hydroxylation is 1. The van der Waals surface area contributed by atoms with E-state index in [9.17, 15) is 9.18 Å². The van der Waals surface area contributed by atoms with Crippen LogP contribution in [-0.4, -0.2) is 50.1 Å². The normalized spacial score (nSPS) is 14.7. The second-order valence-corrected chi connectivity index (χ2v) is 10.5. The Hall–Kier alpha value is -3.07. The van der Waals surface area contributed by atoms with Gasteiger partial charge in [0, 0.05) is 50.0 Å². The molecule has 1 fully saturated rings. The number of pyridine rings is 2. The Kier molecular flexibility index (Phi) is 8.42. The summed E-state index contributed by atoms with van der Waals surface area (Å²) in [6.45, 7) is 8.52. The minimum Gasteiger partial charge on any atom is -0.323 e. The smallest absolute Gasteiger partial charge is 0.323 e. The van der Waals surface area contributed by atoms with Gasteiger partial charge in [-0.3, -0.25) is 20.1 Å². The van der Waals surface area contributed by atoms with E-state index in [0.29, 0.717) is 31.2 Å². The summed E-state index contributed by atoms with van der Waals surface area (Å²) in [5, 5.41) is 9.62. The lowest BCUT2D eigenvalue weighted by Crippen LogP contribution is -2.49.